The van der Waals surface area contributed by atoms with E-state index in [9.17, 15) is 32.4 Å². The number of amides is 5. The van der Waals surface area contributed by atoms with E-state index in [0.29, 0.717) is 12.8 Å². The second kappa shape index (κ2) is 19.3. The number of methoxy groups -OCH3 is 1. The molecule has 1 aromatic rings. The highest BCUT2D eigenvalue weighted by Crippen LogP contribution is 2.34. The van der Waals surface area contributed by atoms with Gasteiger partial charge in [0.25, 0.3) is 15.9 Å². The maximum Gasteiger partial charge on any atom is 0.315 e. The molecule has 1 saturated heterocycles. The van der Waals surface area contributed by atoms with Crippen LogP contribution in [0.4, 0.5) is 4.79 Å². The standard InChI is InChI=1S/C36H62N6O8S2/c1-12-13-15-25(29(43)32(45)37-18-20-50-11)38-31(44)28-24(23(2)3)17-19-42(28)33(46)30(36(7,8)9)40-34(47)39-26(35(4,5)6)22-41(10)52(48,49)27-16-14-21-51-27/h14,16,21,23-26,28,30H,12-13,15,17-20,22H2,1-11H3,(H,37,45)(H,38,44)(H2,39,40,47)/t24?,25?,26-,28+,30-/m1/s1. The van der Waals surface area contributed by atoms with Gasteiger partial charge in [0, 0.05) is 39.8 Å². The van der Waals surface area contributed by atoms with Gasteiger partial charge in [-0.3, -0.25) is 19.2 Å². The third kappa shape index (κ3) is 12.2. The van der Waals surface area contributed by atoms with E-state index in [2.05, 4.69) is 21.3 Å². The van der Waals surface area contributed by atoms with Gasteiger partial charge in [0.15, 0.2) is 0 Å². The number of likely N-dealkylation sites (tertiary alicyclic amines) is 1. The summed E-state index contributed by atoms with van der Waals surface area (Å²) in [5.74, 6) is -2.78. The number of unbranched alkanes of at least 4 members (excludes halogenated alkanes) is 1. The molecule has 0 bridgehead atoms. The Morgan fingerprint density at radius 3 is 2.21 bits per heavy atom. The van der Waals surface area contributed by atoms with Crippen LogP contribution in [-0.4, -0.2) is 112 Å². The van der Waals surface area contributed by atoms with Crippen LogP contribution in [0.25, 0.3) is 0 Å². The summed E-state index contributed by atoms with van der Waals surface area (Å²) < 4.78 is 32.7. The molecule has 2 unspecified atom stereocenters. The Bertz CT molecular complexity index is 1470. The van der Waals surface area contributed by atoms with Crippen molar-refractivity contribution in [1.29, 1.82) is 0 Å². The van der Waals surface area contributed by atoms with Crippen molar-refractivity contribution in [1.82, 2.24) is 30.5 Å². The summed E-state index contributed by atoms with van der Waals surface area (Å²) >= 11 is 1.11. The number of sulfonamides is 1. The van der Waals surface area contributed by atoms with Crippen LogP contribution < -0.4 is 21.3 Å². The minimum Gasteiger partial charge on any atom is -0.383 e. The molecular weight excluding hydrogens is 709 g/mol. The number of ketones is 1. The van der Waals surface area contributed by atoms with Crippen LogP contribution in [0.15, 0.2) is 21.7 Å². The first-order valence-corrected chi connectivity index (χ1v) is 20.4. The first kappa shape index (κ1) is 45.1. The van der Waals surface area contributed by atoms with Crippen molar-refractivity contribution in [2.24, 2.45) is 22.7 Å². The molecule has 1 fully saturated rings. The first-order valence-electron chi connectivity index (χ1n) is 18.1. The molecule has 0 saturated carbocycles. The average molecular weight is 771 g/mol. The summed E-state index contributed by atoms with van der Waals surface area (Å²) in [6.45, 7) is 17.6. The molecule has 5 atom stereocenters. The van der Waals surface area contributed by atoms with Gasteiger partial charge in [-0.25, -0.2) is 13.2 Å². The van der Waals surface area contributed by atoms with E-state index >= 15 is 0 Å². The summed E-state index contributed by atoms with van der Waals surface area (Å²) in [4.78, 5) is 69.6. The van der Waals surface area contributed by atoms with Crippen LogP contribution in [0.2, 0.25) is 0 Å². The fraction of sp³-hybridized carbons (Fsp3) is 0.750. The number of nitrogens with zero attached hydrogens (tertiary/aromatic N) is 2. The number of rotatable bonds is 18. The van der Waals surface area contributed by atoms with Crippen LogP contribution in [0, 0.1) is 22.7 Å². The second-order valence-electron chi connectivity index (χ2n) is 16.0. The fourth-order valence-electron chi connectivity index (χ4n) is 6.14. The maximum absolute atomic E-state index is 14.5. The van der Waals surface area contributed by atoms with E-state index < -0.39 is 74.6 Å². The Hall–Kier alpha value is -3.08. The van der Waals surface area contributed by atoms with Gasteiger partial charge < -0.3 is 30.9 Å². The number of likely N-dealkylation sites (N-methyl/N-ethyl adjacent to an activating group) is 1. The van der Waals surface area contributed by atoms with E-state index in [0.717, 1.165) is 17.8 Å². The smallest absolute Gasteiger partial charge is 0.315 e. The number of carbonyl (C=O) groups excluding carboxylic acids is 5. The minimum atomic E-state index is -3.78. The van der Waals surface area contributed by atoms with E-state index in [1.54, 1.807) is 11.4 Å². The topological polar surface area (TPSA) is 183 Å². The second-order valence-corrected chi connectivity index (χ2v) is 19.3. The fourth-order valence-corrected chi connectivity index (χ4v) is 8.53. The number of hydrogen-bond donors (Lipinski definition) is 4. The van der Waals surface area contributed by atoms with Crippen LogP contribution in [-0.2, 0) is 33.9 Å². The number of Topliss-reactive ketones (excluding diaryl/α,β-unsaturated/α-hetero) is 1. The molecule has 0 spiro atoms. The van der Waals surface area contributed by atoms with Gasteiger partial charge in [0.05, 0.1) is 12.6 Å². The van der Waals surface area contributed by atoms with E-state index in [-0.39, 0.29) is 48.7 Å². The molecule has 1 aliphatic rings. The highest BCUT2D eigenvalue weighted by Gasteiger charge is 2.48. The first-order chi connectivity index (χ1) is 24.1. The monoisotopic (exact) mass is 770 g/mol. The highest BCUT2D eigenvalue weighted by molar-refractivity contribution is 7.91. The number of hydrogen-bond acceptors (Lipinski definition) is 9. The molecule has 296 valence electrons. The Morgan fingerprint density at radius 2 is 1.69 bits per heavy atom. The van der Waals surface area contributed by atoms with Crippen molar-refractivity contribution in [3.8, 4) is 0 Å². The molecule has 2 rings (SSSR count). The molecule has 0 aromatic carbocycles. The molecule has 0 aliphatic carbocycles. The van der Waals surface area contributed by atoms with Gasteiger partial charge in [-0.1, -0.05) is 81.2 Å². The SMILES string of the molecule is CCCCC(NC(=O)[C@@H]1C(C(C)C)CCN1C(=O)[C@@H](NC(=O)N[C@H](CN(C)S(=O)(=O)c1cccs1)C(C)(C)C)C(C)(C)C)C(=O)C(=O)NCCOC. The summed E-state index contributed by atoms with van der Waals surface area (Å²) in [6.07, 6.45) is 2.13. The third-order valence-corrected chi connectivity index (χ3v) is 12.7. The number of carbonyl (C=O) groups is 5. The number of thiophene rings is 1. The van der Waals surface area contributed by atoms with Crippen molar-refractivity contribution in [2.45, 2.75) is 116 Å². The zero-order valence-corrected chi connectivity index (χ0v) is 34.5. The van der Waals surface area contributed by atoms with Gasteiger partial charge in [0.2, 0.25) is 17.6 Å². The molecular formula is C36H62N6O8S2. The Balaban J connectivity index is 2.34. The van der Waals surface area contributed by atoms with Crippen molar-refractivity contribution in [3.63, 3.8) is 0 Å². The van der Waals surface area contributed by atoms with Gasteiger partial charge in [-0.2, -0.15) is 4.31 Å². The molecule has 2 heterocycles. The summed E-state index contributed by atoms with van der Waals surface area (Å²) in [5, 5.41) is 12.8. The maximum atomic E-state index is 14.5. The van der Waals surface area contributed by atoms with Gasteiger partial charge in [0.1, 0.15) is 16.3 Å². The number of ether oxygens (including phenoxy) is 1. The molecule has 1 aromatic heterocycles. The third-order valence-electron chi connectivity index (χ3n) is 9.49. The van der Waals surface area contributed by atoms with E-state index in [4.69, 9.17) is 4.74 Å². The molecule has 5 amide bonds. The van der Waals surface area contributed by atoms with Gasteiger partial charge in [-0.15, -0.1) is 11.3 Å². The van der Waals surface area contributed by atoms with E-state index in [1.807, 2.05) is 62.3 Å². The predicted molar refractivity (Wildman–Crippen MR) is 202 cm³/mol. The number of nitrogens with one attached hydrogen (secondary N) is 4. The van der Waals surface area contributed by atoms with Gasteiger partial charge >= 0.3 is 6.03 Å². The number of urea groups is 1. The molecule has 0 radical (unpaired) electrons. The lowest BCUT2D eigenvalue weighted by molar-refractivity contribution is -0.145. The minimum absolute atomic E-state index is 0.00928. The molecule has 14 nitrogen and oxygen atoms in total. The van der Waals surface area contributed by atoms with Crippen molar-refractivity contribution in [3.05, 3.63) is 17.5 Å². The lowest BCUT2D eigenvalue weighted by Crippen LogP contribution is -2.62. The zero-order chi connectivity index (χ0) is 39.6. The Kier molecular flexibility index (Phi) is 16.7. The molecule has 1 aliphatic heterocycles. The van der Waals surface area contributed by atoms with Gasteiger partial charge in [-0.05, 0) is 47.0 Å². The van der Waals surface area contributed by atoms with Crippen molar-refractivity contribution in [2.75, 3.05) is 40.4 Å². The molecule has 52 heavy (non-hydrogen) atoms. The van der Waals surface area contributed by atoms with Crippen molar-refractivity contribution < 1.29 is 37.1 Å². The Morgan fingerprint density at radius 1 is 1.04 bits per heavy atom. The average Bonchev–Trinajstić information content (AvgIpc) is 3.75. The highest BCUT2D eigenvalue weighted by atomic mass is 32.2. The van der Waals surface area contributed by atoms with Crippen LogP contribution in [0.5, 0.6) is 0 Å². The van der Waals surface area contributed by atoms with Crippen molar-refractivity contribution >= 4 is 50.9 Å². The largest absolute Gasteiger partial charge is 0.383 e. The van der Waals surface area contributed by atoms with Crippen LogP contribution in [0.1, 0.15) is 88.0 Å². The lowest BCUT2D eigenvalue weighted by atomic mass is 9.84. The summed E-state index contributed by atoms with van der Waals surface area (Å²) in [6, 6.07) is -1.17. The Labute approximate surface area is 314 Å². The van der Waals surface area contributed by atoms with Crippen LogP contribution >= 0.6 is 11.3 Å². The summed E-state index contributed by atoms with van der Waals surface area (Å²) in [5.41, 5.74) is -1.35. The lowest BCUT2D eigenvalue weighted by Gasteiger charge is -2.38. The zero-order valence-electron chi connectivity index (χ0n) is 32.8. The summed E-state index contributed by atoms with van der Waals surface area (Å²) in [7, 11) is -0.835. The normalized spacial score (nSPS) is 18.5. The quantitative estimate of drug-likeness (QED) is 0.129. The molecule has 4 N–H and O–H groups in total. The van der Waals surface area contributed by atoms with Crippen LogP contribution in [0.3, 0.4) is 0 Å². The predicted octanol–water partition coefficient (Wildman–Crippen LogP) is 3.38. The molecule has 16 heteroatoms. The van der Waals surface area contributed by atoms with E-state index in [1.165, 1.54) is 29.4 Å².